The number of nitrogens with one attached hydrogen (secondary N) is 1. The maximum absolute atomic E-state index is 11.0. The molecule has 6 nitrogen and oxygen atoms in total. The van der Waals surface area contributed by atoms with Gasteiger partial charge < -0.3 is 24.8 Å². The Morgan fingerprint density at radius 1 is 1.45 bits per heavy atom. The van der Waals surface area contributed by atoms with E-state index in [0.29, 0.717) is 13.2 Å². The Balaban J connectivity index is 1.90. The Kier molecular flexibility index (Phi) is 6.48. The van der Waals surface area contributed by atoms with Crippen molar-refractivity contribution in [2.45, 2.75) is 12.8 Å². The van der Waals surface area contributed by atoms with Crippen LogP contribution >= 0.6 is 0 Å². The van der Waals surface area contributed by atoms with E-state index in [9.17, 15) is 4.79 Å². The Labute approximate surface area is 131 Å². The standard InChI is InChI=1S/C16H24N2O4/c1-21-9-2-6-17-7-5-13-3-4-15-14(11-13)18(8-10-22-15)12-16(19)20/h3-4,11,17H,2,5-10,12H2,1H3,(H,19,20). The third-order valence-corrected chi connectivity index (χ3v) is 3.60. The van der Waals surface area contributed by atoms with Crippen molar-refractivity contribution in [3.8, 4) is 5.75 Å². The first-order chi connectivity index (χ1) is 10.7. The minimum absolute atomic E-state index is 0.00901. The lowest BCUT2D eigenvalue weighted by Crippen LogP contribution is -2.36. The zero-order chi connectivity index (χ0) is 15.8. The molecule has 6 heteroatoms. The summed E-state index contributed by atoms with van der Waals surface area (Å²) in [7, 11) is 1.71. The SMILES string of the molecule is COCCCNCCc1ccc2c(c1)N(CC(=O)O)CCO2. The number of carboxylic acid groups (broad SMARTS) is 1. The number of aliphatic carboxylic acids is 1. The number of methoxy groups -OCH3 is 1. The van der Waals surface area contributed by atoms with Crippen LogP contribution in [-0.2, 0) is 16.0 Å². The fourth-order valence-electron chi connectivity index (χ4n) is 2.50. The summed E-state index contributed by atoms with van der Waals surface area (Å²) in [5.41, 5.74) is 2.06. The van der Waals surface area contributed by atoms with Gasteiger partial charge in [-0.3, -0.25) is 4.79 Å². The van der Waals surface area contributed by atoms with Gasteiger partial charge in [0.15, 0.2) is 0 Å². The maximum Gasteiger partial charge on any atom is 0.323 e. The van der Waals surface area contributed by atoms with Crippen LogP contribution in [0, 0.1) is 0 Å². The van der Waals surface area contributed by atoms with Crippen LogP contribution in [0.1, 0.15) is 12.0 Å². The zero-order valence-corrected chi connectivity index (χ0v) is 13.0. The fourth-order valence-corrected chi connectivity index (χ4v) is 2.50. The number of rotatable bonds is 9. The van der Waals surface area contributed by atoms with Crippen LogP contribution in [0.5, 0.6) is 5.75 Å². The van der Waals surface area contributed by atoms with E-state index >= 15 is 0 Å². The smallest absolute Gasteiger partial charge is 0.323 e. The van der Waals surface area contributed by atoms with E-state index in [2.05, 4.69) is 5.32 Å². The number of hydrogen-bond acceptors (Lipinski definition) is 5. The minimum atomic E-state index is -0.821. The van der Waals surface area contributed by atoms with Gasteiger partial charge in [-0.25, -0.2) is 0 Å². The van der Waals surface area contributed by atoms with E-state index < -0.39 is 5.97 Å². The highest BCUT2D eigenvalue weighted by Gasteiger charge is 2.20. The largest absolute Gasteiger partial charge is 0.490 e. The minimum Gasteiger partial charge on any atom is -0.490 e. The van der Waals surface area contributed by atoms with Crippen molar-refractivity contribution in [2.75, 3.05) is 51.4 Å². The van der Waals surface area contributed by atoms with Crippen molar-refractivity contribution >= 4 is 11.7 Å². The molecule has 0 aromatic heterocycles. The summed E-state index contributed by atoms with van der Waals surface area (Å²) in [5.74, 6) is -0.0534. The molecule has 2 N–H and O–H groups in total. The molecule has 1 heterocycles. The lowest BCUT2D eigenvalue weighted by molar-refractivity contribution is -0.135. The number of anilines is 1. The second-order valence-corrected chi connectivity index (χ2v) is 5.31. The summed E-state index contributed by atoms with van der Waals surface area (Å²) in [5, 5.41) is 12.4. The topological polar surface area (TPSA) is 71.0 Å². The molecule has 1 aliphatic heterocycles. The third-order valence-electron chi connectivity index (χ3n) is 3.60. The molecule has 0 unspecified atom stereocenters. The number of benzene rings is 1. The lowest BCUT2D eigenvalue weighted by Gasteiger charge is -2.30. The molecule has 0 spiro atoms. The van der Waals surface area contributed by atoms with Crippen molar-refractivity contribution < 1.29 is 19.4 Å². The van der Waals surface area contributed by atoms with Gasteiger partial charge in [-0.05, 0) is 43.6 Å². The highest BCUT2D eigenvalue weighted by Crippen LogP contribution is 2.32. The maximum atomic E-state index is 11.0. The van der Waals surface area contributed by atoms with Gasteiger partial charge in [0, 0.05) is 13.7 Å². The van der Waals surface area contributed by atoms with Gasteiger partial charge in [0.2, 0.25) is 0 Å². The van der Waals surface area contributed by atoms with Crippen molar-refractivity contribution in [3.05, 3.63) is 23.8 Å². The van der Waals surface area contributed by atoms with Crippen LogP contribution in [0.25, 0.3) is 0 Å². The van der Waals surface area contributed by atoms with Crippen LogP contribution in [-0.4, -0.2) is 57.6 Å². The van der Waals surface area contributed by atoms with Gasteiger partial charge in [0.25, 0.3) is 0 Å². The number of fused-ring (bicyclic) bond motifs is 1. The number of carboxylic acids is 1. The van der Waals surface area contributed by atoms with Crippen LogP contribution in [0.15, 0.2) is 18.2 Å². The summed E-state index contributed by atoms with van der Waals surface area (Å²) in [6, 6.07) is 6.01. The molecule has 1 aromatic rings. The average Bonchev–Trinajstić information content (AvgIpc) is 2.51. The van der Waals surface area contributed by atoms with E-state index in [4.69, 9.17) is 14.6 Å². The molecule has 1 aromatic carbocycles. The Hall–Kier alpha value is -1.79. The first kappa shape index (κ1) is 16.6. The molecule has 22 heavy (non-hydrogen) atoms. The molecule has 0 aliphatic carbocycles. The van der Waals surface area contributed by atoms with Crippen LogP contribution in [0.4, 0.5) is 5.69 Å². The summed E-state index contributed by atoms with van der Waals surface area (Å²) >= 11 is 0. The number of nitrogens with zero attached hydrogens (tertiary/aromatic N) is 1. The molecule has 0 radical (unpaired) electrons. The summed E-state index contributed by atoms with van der Waals surface area (Å²) in [4.78, 5) is 12.8. The van der Waals surface area contributed by atoms with E-state index in [1.165, 1.54) is 5.56 Å². The second-order valence-electron chi connectivity index (χ2n) is 5.31. The lowest BCUT2D eigenvalue weighted by atomic mass is 10.1. The molecule has 0 amide bonds. The van der Waals surface area contributed by atoms with E-state index in [1.807, 2.05) is 23.1 Å². The zero-order valence-electron chi connectivity index (χ0n) is 13.0. The molecule has 1 aliphatic rings. The van der Waals surface area contributed by atoms with E-state index in [1.54, 1.807) is 7.11 Å². The van der Waals surface area contributed by atoms with Gasteiger partial charge in [0.05, 0.1) is 12.2 Å². The van der Waals surface area contributed by atoms with E-state index in [-0.39, 0.29) is 6.54 Å². The molecule has 122 valence electrons. The van der Waals surface area contributed by atoms with Crippen molar-refractivity contribution in [2.24, 2.45) is 0 Å². The van der Waals surface area contributed by atoms with E-state index in [0.717, 1.165) is 44.0 Å². The van der Waals surface area contributed by atoms with Gasteiger partial charge in [-0.15, -0.1) is 0 Å². The number of carbonyl (C=O) groups is 1. The highest BCUT2D eigenvalue weighted by atomic mass is 16.5. The first-order valence-electron chi connectivity index (χ1n) is 7.63. The quantitative estimate of drug-likeness (QED) is 0.667. The van der Waals surface area contributed by atoms with Gasteiger partial charge in [-0.1, -0.05) is 6.07 Å². The summed E-state index contributed by atoms with van der Waals surface area (Å²) in [6.45, 7) is 3.75. The predicted molar refractivity (Wildman–Crippen MR) is 84.9 cm³/mol. The van der Waals surface area contributed by atoms with Crippen LogP contribution in [0.2, 0.25) is 0 Å². The summed E-state index contributed by atoms with van der Waals surface area (Å²) in [6.07, 6.45) is 1.90. The molecule has 0 saturated carbocycles. The highest BCUT2D eigenvalue weighted by molar-refractivity contribution is 5.75. The van der Waals surface area contributed by atoms with Crippen molar-refractivity contribution in [1.29, 1.82) is 0 Å². The van der Waals surface area contributed by atoms with Crippen LogP contribution < -0.4 is 15.0 Å². The molecule has 2 rings (SSSR count). The molecule has 0 atom stereocenters. The monoisotopic (exact) mass is 308 g/mol. The van der Waals surface area contributed by atoms with Crippen molar-refractivity contribution in [3.63, 3.8) is 0 Å². The predicted octanol–water partition coefficient (Wildman–Crippen LogP) is 1.14. The summed E-state index contributed by atoms with van der Waals surface area (Å²) < 4.78 is 10.6. The molecule has 0 fully saturated rings. The first-order valence-corrected chi connectivity index (χ1v) is 7.63. The van der Waals surface area contributed by atoms with Crippen molar-refractivity contribution in [1.82, 2.24) is 5.32 Å². The Bertz CT molecular complexity index is 493. The molecular formula is C16H24N2O4. The van der Waals surface area contributed by atoms with Crippen LogP contribution in [0.3, 0.4) is 0 Å². The van der Waals surface area contributed by atoms with Gasteiger partial charge in [0.1, 0.15) is 18.9 Å². The molecule has 0 saturated heterocycles. The Morgan fingerprint density at radius 3 is 3.09 bits per heavy atom. The van der Waals surface area contributed by atoms with Gasteiger partial charge in [-0.2, -0.15) is 0 Å². The number of ether oxygens (including phenoxy) is 2. The molecule has 0 bridgehead atoms. The van der Waals surface area contributed by atoms with Gasteiger partial charge >= 0.3 is 5.97 Å². The number of hydrogen-bond donors (Lipinski definition) is 2. The Morgan fingerprint density at radius 2 is 2.32 bits per heavy atom. The normalized spacial score (nSPS) is 13.6. The molecular weight excluding hydrogens is 284 g/mol. The second kappa shape index (κ2) is 8.60. The third kappa shape index (κ3) is 4.89. The fraction of sp³-hybridized carbons (Fsp3) is 0.562. The average molecular weight is 308 g/mol.